The van der Waals surface area contributed by atoms with E-state index in [1.165, 1.54) is 6.07 Å². The summed E-state index contributed by atoms with van der Waals surface area (Å²) in [6, 6.07) is 6.84. The molecule has 0 radical (unpaired) electrons. The maximum Gasteiger partial charge on any atom is 0.191 e. The quantitative estimate of drug-likeness (QED) is 0.346. The van der Waals surface area contributed by atoms with Crippen LogP contribution in [0.15, 0.2) is 41.7 Å². The van der Waals surface area contributed by atoms with Gasteiger partial charge in [0.15, 0.2) is 5.96 Å². The molecule has 0 aliphatic heterocycles. The van der Waals surface area contributed by atoms with Crippen LogP contribution >= 0.6 is 11.8 Å². The van der Waals surface area contributed by atoms with Gasteiger partial charge in [-0.25, -0.2) is 9.38 Å². The fraction of sp³-hybridized carbons (Fsp3) is 0.474. The SMILES string of the molecule is CCNC(=NCC(C)(O)c1cnn(C)c1)NCCSCc1ccccc1F. The second-order valence-electron chi connectivity index (χ2n) is 6.44. The number of guanidine groups is 1. The molecular formula is C19H28FN5OS. The zero-order chi connectivity index (χ0) is 19.7. The molecule has 0 amide bonds. The monoisotopic (exact) mass is 393 g/mol. The van der Waals surface area contributed by atoms with Crippen LogP contribution in [-0.2, 0) is 18.4 Å². The third-order valence-corrected chi connectivity index (χ3v) is 4.98. The molecule has 6 nitrogen and oxygen atoms in total. The van der Waals surface area contributed by atoms with Crippen LogP contribution in [0.4, 0.5) is 4.39 Å². The Balaban J connectivity index is 1.80. The highest BCUT2D eigenvalue weighted by atomic mass is 32.2. The number of thioether (sulfide) groups is 1. The Morgan fingerprint density at radius 2 is 2.15 bits per heavy atom. The van der Waals surface area contributed by atoms with Crippen molar-refractivity contribution in [2.75, 3.05) is 25.4 Å². The Morgan fingerprint density at radius 3 is 2.81 bits per heavy atom. The van der Waals surface area contributed by atoms with Gasteiger partial charge in [-0.3, -0.25) is 4.68 Å². The topological polar surface area (TPSA) is 74.5 Å². The Bertz CT molecular complexity index is 747. The fourth-order valence-corrected chi connectivity index (χ4v) is 3.25. The second-order valence-corrected chi connectivity index (χ2v) is 7.55. The van der Waals surface area contributed by atoms with Gasteiger partial charge in [0.25, 0.3) is 0 Å². The third-order valence-electron chi connectivity index (χ3n) is 3.97. The van der Waals surface area contributed by atoms with Crippen molar-refractivity contribution in [2.24, 2.45) is 12.0 Å². The average molecular weight is 394 g/mol. The van der Waals surface area contributed by atoms with Gasteiger partial charge in [-0.2, -0.15) is 16.9 Å². The minimum absolute atomic E-state index is 0.162. The summed E-state index contributed by atoms with van der Waals surface area (Å²) in [5.41, 5.74) is 0.358. The van der Waals surface area contributed by atoms with Crippen LogP contribution in [0.25, 0.3) is 0 Å². The standard InChI is InChI=1S/C19H28FN5OS/c1-4-21-18(23-14-19(2,26)16-11-24-25(3)12-16)22-9-10-27-13-15-7-5-6-8-17(15)20/h5-8,11-12,26H,4,9-10,13-14H2,1-3H3,(H2,21,22,23). The normalized spacial score (nSPS) is 14.0. The summed E-state index contributed by atoms with van der Waals surface area (Å²) in [6.45, 7) is 5.35. The van der Waals surface area contributed by atoms with E-state index in [4.69, 9.17) is 0 Å². The van der Waals surface area contributed by atoms with E-state index in [-0.39, 0.29) is 12.4 Å². The van der Waals surface area contributed by atoms with Gasteiger partial charge < -0.3 is 15.7 Å². The van der Waals surface area contributed by atoms with E-state index in [2.05, 4.69) is 20.7 Å². The molecule has 0 aliphatic rings. The lowest BCUT2D eigenvalue weighted by atomic mass is 10.0. The molecule has 27 heavy (non-hydrogen) atoms. The summed E-state index contributed by atoms with van der Waals surface area (Å²) < 4.78 is 15.2. The first-order valence-corrected chi connectivity index (χ1v) is 10.1. The first-order chi connectivity index (χ1) is 12.9. The largest absolute Gasteiger partial charge is 0.383 e. The average Bonchev–Trinajstić information content (AvgIpc) is 3.08. The zero-order valence-electron chi connectivity index (χ0n) is 16.1. The molecule has 0 saturated heterocycles. The van der Waals surface area contributed by atoms with Crippen LogP contribution in [0, 0.1) is 5.82 Å². The molecular weight excluding hydrogens is 365 g/mol. The zero-order valence-corrected chi connectivity index (χ0v) is 16.9. The summed E-state index contributed by atoms with van der Waals surface area (Å²) in [4.78, 5) is 4.48. The highest BCUT2D eigenvalue weighted by molar-refractivity contribution is 7.98. The Morgan fingerprint density at radius 1 is 1.37 bits per heavy atom. The molecule has 1 aromatic heterocycles. The molecule has 0 saturated carbocycles. The van der Waals surface area contributed by atoms with Gasteiger partial charge in [-0.15, -0.1) is 0 Å². The lowest BCUT2D eigenvalue weighted by Crippen LogP contribution is -2.39. The van der Waals surface area contributed by atoms with Crippen LogP contribution in [0.2, 0.25) is 0 Å². The molecule has 1 heterocycles. The number of hydrogen-bond acceptors (Lipinski definition) is 4. The Labute approximate surface area is 164 Å². The predicted octanol–water partition coefficient (Wildman–Crippen LogP) is 2.26. The van der Waals surface area contributed by atoms with Crippen LogP contribution in [0.3, 0.4) is 0 Å². The number of aliphatic hydroxyl groups is 1. The maximum atomic E-state index is 13.6. The smallest absolute Gasteiger partial charge is 0.191 e. The van der Waals surface area contributed by atoms with Crippen molar-refractivity contribution in [1.82, 2.24) is 20.4 Å². The van der Waals surface area contributed by atoms with E-state index in [9.17, 15) is 9.50 Å². The Kier molecular flexibility index (Phi) is 8.12. The highest BCUT2D eigenvalue weighted by Crippen LogP contribution is 2.20. The van der Waals surface area contributed by atoms with Gasteiger partial charge in [0.05, 0.1) is 12.7 Å². The van der Waals surface area contributed by atoms with Crippen molar-refractivity contribution in [1.29, 1.82) is 0 Å². The fourth-order valence-electron chi connectivity index (χ4n) is 2.40. The van der Waals surface area contributed by atoms with Gasteiger partial charge in [0.2, 0.25) is 0 Å². The number of nitrogens with zero attached hydrogens (tertiary/aromatic N) is 3. The van der Waals surface area contributed by atoms with E-state index >= 15 is 0 Å². The predicted molar refractivity (Wildman–Crippen MR) is 109 cm³/mol. The summed E-state index contributed by atoms with van der Waals surface area (Å²) in [5.74, 6) is 1.94. The number of aromatic nitrogens is 2. The van der Waals surface area contributed by atoms with Crippen molar-refractivity contribution in [3.8, 4) is 0 Å². The molecule has 8 heteroatoms. The molecule has 0 spiro atoms. The van der Waals surface area contributed by atoms with Crippen LogP contribution in [0.1, 0.15) is 25.0 Å². The van der Waals surface area contributed by atoms with Crippen LogP contribution in [-0.4, -0.2) is 46.2 Å². The number of benzene rings is 1. The Hall–Kier alpha value is -2.06. The van der Waals surface area contributed by atoms with Crippen molar-refractivity contribution in [3.05, 3.63) is 53.6 Å². The maximum absolute atomic E-state index is 13.6. The summed E-state index contributed by atoms with van der Waals surface area (Å²) in [7, 11) is 1.81. The van der Waals surface area contributed by atoms with E-state index in [1.54, 1.807) is 41.8 Å². The number of nitrogens with one attached hydrogen (secondary N) is 2. The van der Waals surface area contributed by atoms with E-state index in [0.717, 1.165) is 23.4 Å². The molecule has 2 aromatic rings. The van der Waals surface area contributed by atoms with Gasteiger partial charge in [0.1, 0.15) is 11.4 Å². The number of hydrogen-bond donors (Lipinski definition) is 3. The van der Waals surface area contributed by atoms with Crippen molar-refractivity contribution in [3.63, 3.8) is 0 Å². The molecule has 0 aliphatic carbocycles. The molecule has 1 unspecified atom stereocenters. The number of aliphatic imine (C=N–C) groups is 1. The lowest BCUT2D eigenvalue weighted by Gasteiger charge is -2.20. The van der Waals surface area contributed by atoms with Gasteiger partial charge in [0, 0.05) is 43.4 Å². The molecule has 2 rings (SSSR count). The number of halogens is 1. The lowest BCUT2D eigenvalue weighted by molar-refractivity contribution is 0.0672. The van der Waals surface area contributed by atoms with E-state index in [0.29, 0.717) is 18.3 Å². The number of aryl methyl sites for hydroxylation is 1. The van der Waals surface area contributed by atoms with Gasteiger partial charge >= 0.3 is 0 Å². The van der Waals surface area contributed by atoms with Crippen LogP contribution in [0.5, 0.6) is 0 Å². The number of rotatable bonds is 9. The summed E-state index contributed by atoms with van der Waals surface area (Å²) >= 11 is 1.66. The van der Waals surface area contributed by atoms with Gasteiger partial charge in [-0.05, 0) is 25.5 Å². The highest BCUT2D eigenvalue weighted by Gasteiger charge is 2.24. The third kappa shape index (κ3) is 6.88. The second kappa shape index (κ2) is 10.3. The molecule has 148 valence electrons. The van der Waals surface area contributed by atoms with Crippen LogP contribution < -0.4 is 10.6 Å². The summed E-state index contributed by atoms with van der Waals surface area (Å²) in [5, 5.41) is 21.1. The molecule has 0 bridgehead atoms. The molecule has 1 aromatic carbocycles. The molecule has 3 N–H and O–H groups in total. The van der Waals surface area contributed by atoms with Crippen molar-refractivity contribution in [2.45, 2.75) is 25.2 Å². The van der Waals surface area contributed by atoms with Crippen molar-refractivity contribution < 1.29 is 9.50 Å². The molecule has 1 atom stereocenters. The summed E-state index contributed by atoms with van der Waals surface area (Å²) in [6.07, 6.45) is 3.43. The minimum Gasteiger partial charge on any atom is -0.383 e. The van der Waals surface area contributed by atoms with Gasteiger partial charge in [-0.1, -0.05) is 18.2 Å². The van der Waals surface area contributed by atoms with E-state index < -0.39 is 5.60 Å². The van der Waals surface area contributed by atoms with Crippen molar-refractivity contribution >= 4 is 17.7 Å². The first-order valence-electron chi connectivity index (χ1n) is 8.97. The molecule has 0 fully saturated rings. The van der Waals surface area contributed by atoms with E-state index in [1.807, 2.05) is 26.1 Å². The minimum atomic E-state index is -1.09. The first kappa shape index (κ1) is 21.2.